The molecule has 1 aromatic carbocycles. The zero-order chi connectivity index (χ0) is 14.9. The Morgan fingerprint density at radius 3 is 2.70 bits per heavy atom. The van der Waals surface area contributed by atoms with E-state index in [1.54, 1.807) is 7.05 Å². The molecule has 106 valence electrons. The number of piperazine rings is 1. The summed E-state index contributed by atoms with van der Waals surface area (Å²) in [6.07, 6.45) is 0. The molecule has 5 nitrogen and oxygen atoms in total. The predicted octanol–water partition coefficient (Wildman–Crippen LogP) is 0.260. The van der Waals surface area contributed by atoms with Crippen LogP contribution in [0.2, 0.25) is 0 Å². The van der Waals surface area contributed by atoms with Crippen molar-refractivity contribution in [1.82, 2.24) is 9.80 Å². The van der Waals surface area contributed by atoms with E-state index in [1.807, 2.05) is 0 Å². The average Bonchev–Trinajstić information content (AvgIpc) is 2.37. The van der Waals surface area contributed by atoms with E-state index in [4.69, 9.17) is 18.0 Å². The topological polar surface area (TPSA) is 66.6 Å². The van der Waals surface area contributed by atoms with Crippen LogP contribution in [0.25, 0.3) is 0 Å². The first-order valence-corrected chi connectivity index (χ1v) is 6.39. The second-order valence-corrected chi connectivity index (χ2v) is 5.11. The summed E-state index contributed by atoms with van der Waals surface area (Å²) < 4.78 is 13.2. The number of rotatable bonds is 3. The van der Waals surface area contributed by atoms with Crippen molar-refractivity contribution in [3.05, 3.63) is 35.1 Å². The number of hydrogen-bond donors (Lipinski definition) is 1. The summed E-state index contributed by atoms with van der Waals surface area (Å²) in [6.45, 7) is 0.233. The molecule has 0 atom stereocenters. The van der Waals surface area contributed by atoms with Crippen molar-refractivity contribution in [1.29, 1.82) is 0 Å². The molecule has 7 heteroatoms. The Labute approximate surface area is 121 Å². The zero-order valence-corrected chi connectivity index (χ0v) is 11.7. The molecule has 1 heterocycles. The van der Waals surface area contributed by atoms with Gasteiger partial charge in [0.05, 0.1) is 6.54 Å². The number of carbonyl (C=O) groups excluding carboxylic acids is 2. The second kappa shape index (κ2) is 5.54. The number of likely N-dealkylation sites (N-methyl/N-ethyl adjacent to an activating group) is 1. The Morgan fingerprint density at radius 1 is 1.35 bits per heavy atom. The first kappa shape index (κ1) is 14.4. The molecule has 2 N–H and O–H groups in total. The third kappa shape index (κ3) is 2.93. The van der Waals surface area contributed by atoms with E-state index in [-0.39, 0.29) is 36.4 Å². The number of carbonyl (C=O) groups is 2. The molecule has 20 heavy (non-hydrogen) atoms. The number of thiocarbonyl (C=S) groups is 1. The van der Waals surface area contributed by atoms with Gasteiger partial charge in [-0.3, -0.25) is 9.59 Å². The lowest BCUT2D eigenvalue weighted by molar-refractivity contribution is -0.149. The van der Waals surface area contributed by atoms with Gasteiger partial charge in [-0.2, -0.15) is 0 Å². The SMILES string of the molecule is CN1CC(=O)N(Cc2ccc(F)cc2C(N)=S)CC1=O. The number of amides is 2. The smallest absolute Gasteiger partial charge is 0.242 e. The number of nitrogens with two attached hydrogens (primary N) is 1. The number of halogens is 1. The largest absolute Gasteiger partial charge is 0.389 e. The van der Waals surface area contributed by atoms with Crippen LogP contribution in [-0.4, -0.2) is 46.7 Å². The molecule has 0 unspecified atom stereocenters. The van der Waals surface area contributed by atoms with E-state index in [2.05, 4.69) is 0 Å². The summed E-state index contributed by atoms with van der Waals surface area (Å²) in [5.74, 6) is -0.744. The molecule has 0 aromatic heterocycles. The van der Waals surface area contributed by atoms with Crippen molar-refractivity contribution in [2.45, 2.75) is 6.54 Å². The average molecular weight is 295 g/mol. The molecule has 1 aliphatic heterocycles. The van der Waals surface area contributed by atoms with E-state index < -0.39 is 5.82 Å². The maximum absolute atomic E-state index is 13.2. The molecule has 2 amide bonds. The molecule has 2 rings (SSSR count). The van der Waals surface area contributed by atoms with Gasteiger partial charge in [0.25, 0.3) is 0 Å². The fourth-order valence-corrected chi connectivity index (χ4v) is 2.22. The highest BCUT2D eigenvalue weighted by molar-refractivity contribution is 7.80. The Hall–Kier alpha value is -2.02. The Balaban J connectivity index is 2.24. The van der Waals surface area contributed by atoms with Gasteiger partial charge in [-0.15, -0.1) is 0 Å². The standard InChI is InChI=1S/C13H14FN3O2S/c1-16-6-12(19)17(7-11(16)18)5-8-2-3-9(14)4-10(8)13(15)20/h2-4H,5-7H2,1H3,(H2,15,20). The van der Waals surface area contributed by atoms with Gasteiger partial charge in [-0.1, -0.05) is 18.3 Å². The number of hydrogen-bond acceptors (Lipinski definition) is 3. The van der Waals surface area contributed by atoms with Crippen molar-refractivity contribution >= 4 is 29.0 Å². The Kier molecular flexibility index (Phi) is 3.99. The summed E-state index contributed by atoms with van der Waals surface area (Å²) in [5, 5.41) is 0. The molecule has 0 radical (unpaired) electrons. The molecule has 0 bridgehead atoms. The van der Waals surface area contributed by atoms with Gasteiger partial charge in [0.2, 0.25) is 11.8 Å². The molecule has 0 spiro atoms. The molecular weight excluding hydrogens is 281 g/mol. The van der Waals surface area contributed by atoms with Crippen LogP contribution in [0.1, 0.15) is 11.1 Å². The highest BCUT2D eigenvalue weighted by atomic mass is 32.1. The van der Waals surface area contributed by atoms with Crippen molar-refractivity contribution < 1.29 is 14.0 Å². The predicted molar refractivity (Wildman–Crippen MR) is 75.3 cm³/mol. The molecule has 0 aliphatic carbocycles. The van der Waals surface area contributed by atoms with E-state index >= 15 is 0 Å². The molecule has 1 saturated heterocycles. The normalized spacial score (nSPS) is 15.7. The van der Waals surface area contributed by atoms with Crippen molar-refractivity contribution in [3.8, 4) is 0 Å². The van der Waals surface area contributed by atoms with Gasteiger partial charge in [-0.05, 0) is 17.7 Å². The minimum absolute atomic E-state index is 0.00346. The van der Waals surface area contributed by atoms with Crippen LogP contribution < -0.4 is 5.73 Å². The van der Waals surface area contributed by atoms with Crippen LogP contribution in [0, 0.1) is 5.82 Å². The quantitative estimate of drug-likeness (QED) is 0.812. The van der Waals surface area contributed by atoms with Crippen LogP contribution >= 0.6 is 12.2 Å². The van der Waals surface area contributed by atoms with Crippen LogP contribution in [0.5, 0.6) is 0 Å². The summed E-state index contributed by atoms with van der Waals surface area (Å²) >= 11 is 4.88. The lowest BCUT2D eigenvalue weighted by Crippen LogP contribution is -2.51. The molecule has 1 aliphatic rings. The number of nitrogens with zero attached hydrogens (tertiary/aromatic N) is 2. The van der Waals surface area contributed by atoms with Crippen LogP contribution in [0.4, 0.5) is 4.39 Å². The van der Waals surface area contributed by atoms with Gasteiger partial charge in [0, 0.05) is 19.2 Å². The van der Waals surface area contributed by atoms with Crippen molar-refractivity contribution in [2.75, 3.05) is 20.1 Å². The summed E-state index contributed by atoms with van der Waals surface area (Å²) in [6, 6.07) is 4.04. The van der Waals surface area contributed by atoms with E-state index in [0.717, 1.165) is 0 Å². The lowest BCUT2D eigenvalue weighted by atomic mass is 10.1. The third-order valence-electron chi connectivity index (χ3n) is 3.18. The van der Waals surface area contributed by atoms with E-state index in [0.29, 0.717) is 11.1 Å². The highest BCUT2D eigenvalue weighted by Crippen LogP contribution is 2.16. The van der Waals surface area contributed by atoms with Gasteiger partial charge in [-0.25, -0.2) is 4.39 Å². The van der Waals surface area contributed by atoms with E-state index in [1.165, 1.54) is 28.0 Å². The second-order valence-electron chi connectivity index (χ2n) is 4.67. The Bertz CT molecular complexity index is 591. The first-order chi connectivity index (χ1) is 9.38. The van der Waals surface area contributed by atoms with Gasteiger partial charge >= 0.3 is 0 Å². The van der Waals surface area contributed by atoms with Crippen LogP contribution in [0.3, 0.4) is 0 Å². The Morgan fingerprint density at radius 2 is 2.05 bits per heavy atom. The molecule has 1 fully saturated rings. The fraction of sp³-hybridized carbons (Fsp3) is 0.308. The monoisotopic (exact) mass is 295 g/mol. The molecule has 0 saturated carbocycles. The lowest BCUT2D eigenvalue weighted by Gasteiger charge is -2.32. The van der Waals surface area contributed by atoms with Crippen LogP contribution in [0.15, 0.2) is 18.2 Å². The molecule has 1 aromatic rings. The highest BCUT2D eigenvalue weighted by Gasteiger charge is 2.27. The summed E-state index contributed by atoms with van der Waals surface area (Å²) in [5.41, 5.74) is 6.58. The van der Waals surface area contributed by atoms with Gasteiger partial charge in [0.1, 0.15) is 17.4 Å². The summed E-state index contributed by atoms with van der Waals surface area (Å²) in [4.78, 5) is 26.4. The van der Waals surface area contributed by atoms with Crippen LogP contribution in [-0.2, 0) is 16.1 Å². The number of benzene rings is 1. The van der Waals surface area contributed by atoms with Gasteiger partial charge in [0.15, 0.2) is 0 Å². The van der Waals surface area contributed by atoms with Crippen molar-refractivity contribution in [2.24, 2.45) is 5.73 Å². The van der Waals surface area contributed by atoms with Crippen molar-refractivity contribution in [3.63, 3.8) is 0 Å². The van der Waals surface area contributed by atoms with E-state index in [9.17, 15) is 14.0 Å². The fourth-order valence-electron chi connectivity index (χ4n) is 2.03. The molecular formula is C13H14FN3O2S. The third-order valence-corrected chi connectivity index (χ3v) is 3.40. The first-order valence-electron chi connectivity index (χ1n) is 5.98. The maximum atomic E-state index is 13.2. The minimum Gasteiger partial charge on any atom is -0.389 e. The maximum Gasteiger partial charge on any atom is 0.242 e. The minimum atomic E-state index is -0.447. The van der Waals surface area contributed by atoms with Gasteiger partial charge < -0.3 is 15.5 Å². The summed E-state index contributed by atoms with van der Waals surface area (Å²) in [7, 11) is 1.58. The zero-order valence-electron chi connectivity index (χ0n) is 10.9.